The number of aliphatic hydroxyl groups is 1. The summed E-state index contributed by atoms with van der Waals surface area (Å²) in [5.74, 6) is -0.0375. The van der Waals surface area contributed by atoms with Gasteiger partial charge in [-0.1, -0.05) is 41.9 Å². The Morgan fingerprint density at radius 2 is 1.76 bits per heavy atom. The van der Waals surface area contributed by atoms with Crippen molar-refractivity contribution in [3.63, 3.8) is 0 Å². The maximum atomic E-state index is 11.8. The molecule has 0 unspecified atom stereocenters. The summed E-state index contributed by atoms with van der Waals surface area (Å²) < 4.78 is 0. The predicted octanol–water partition coefficient (Wildman–Crippen LogP) is 4.18. The van der Waals surface area contributed by atoms with E-state index in [0.29, 0.717) is 24.3 Å². The van der Waals surface area contributed by atoms with Gasteiger partial charge in [-0.2, -0.15) is 0 Å². The van der Waals surface area contributed by atoms with Crippen molar-refractivity contribution in [2.45, 2.75) is 25.4 Å². The molecule has 0 saturated carbocycles. The molecule has 0 spiro atoms. The highest BCUT2D eigenvalue weighted by Gasteiger charge is 2.09. The molecule has 1 atom stereocenters. The van der Waals surface area contributed by atoms with E-state index < -0.39 is 6.10 Å². The predicted molar refractivity (Wildman–Crippen MR) is 85.3 cm³/mol. The molecule has 21 heavy (non-hydrogen) atoms. The molecule has 0 aliphatic carbocycles. The number of hydrogen-bond donors (Lipinski definition) is 2. The second kappa shape index (κ2) is 7.81. The van der Waals surface area contributed by atoms with Crippen LogP contribution in [0.3, 0.4) is 0 Å². The van der Waals surface area contributed by atoms with E-state index in [0.717, 1.165) is 11.3 Å². The van der Waals surface area contributed by atoms with Gasteiger partial charge in [0.25, 0.3) is 0 Å². The number of rotatable bonds is 6. The number of hydrogen-bond acceptors (Lipinski definition) is 2. The Balaban J connectivity index is 1.73. The quantitative estimate of drug-likeness (QED) is 0.841. The molecule has 0 heterocycles. The fourth-order valence-electron chi connectivity index (χ4n) is 2.05. The average Bonchev–Trinajstić information content (AvgIpc) is 2.49. The number of nitrogens with one attached hydrogen (secondary N) is 1. The topological polar surface area (TPSA) is 49.3 Å². The molecule has 4 heteroatoms. The van der Waals surface area contributed by atoms with Gasteiger partial charge in [0, 0.05) is 17.1 Å². The fraction of sp³-hybridized carbons (Fsp3) is 0.235. The molecule has 3 nitrogen and oxygen atoms in total. The number of anilines is 1. The second-order valence-electron chi connectivity index (χ2n) is 4.87. The van der Waals surface area contributed by atoms with Crippen molar-refractivity contribution in [2.24, 2.45) is 0 Å². The summed E-state index contributed by atoms with van der Waals surface area (Å²) in [6, 6.07) is 16.5. The minimum absolute atomic E-state index is 0.0375. The number of carbonyl (C=O) groups excluding carboxylic acids is 1. The van der Waals surface area contributed by atoms with Gasteiger partial charge in [-0.3, -0.25) is 4.79 Å². The van der Waals surface area contributed by atoms with E-state index in [1.54, 1.807) is 24.3 Å². The lowest BCUT2D eigenvalue weighted by Gasteiger charge is -2.11. The van der Waals surface area contributed by atoms with Crippen molar-refractivity contribution in [1.29, 1.82) is 0 Å². The molecule has 0 bridgehead atoms. The minimum atomic E-state index is -0.563. The molecule has 2 aromatic carbocycles. The zero-order valence-electron chi connectivity index (χ0n) is 11.6. The smallest absolute Gasteiger partial charge is 0.224 e. The van der Waals surface area contributed by atoms with E-state index in [2.05, 4.69) is 5.32 Å². The first-order chi connectivity index (χ1) is 10.1. The Kier molecular flexibility index (Phi) is 5.78. The van der Waals surface area contributed by atoms with Crippen molar-refractivity contribution in [2.75, 3.05) is 5.32 Å². The van der Waals surface area contributed by atoms with Crippen LogP contribution >= 0.6 is 11.6 Å². The molecule has 0 aliphatic rings. The van der Waals surface area contributed by atoms with Crippen LogP contribution in [0.5, 0.6) is 0 Å². The van der Waals surface area contributed by atoms with E-state index in [1.165, 1.54) is 0 Å². The van der Waals surface area contributed by atoms with Crippen LogP contribution in [0.4, 0.5) is 5.69 Å². The standard InChI is InChI=1S/C17H18ClNO2/c18-14-11-9-13(10-12-14)16(20)7-4-8-17(21)19-15-5-2-1-3-6-15/h1-3,5-6,9-12,16,20H,4,7-8H2,(H,19,21)/t16-/m1/s1. The molecular weight excluding hydrogens is 286 g/mol. The number of halogens is 1. The summed E-state index contributed by atoms with van der Waals surface area (Å²) in [7, 11) is 0. The highest BCUT2D eigenvalue weighted by molar-refractivity contribution is 6.30. The van der Waals surface area contributed by atoms with Crippen LogP contribution in [0, 0.1) is 0 Å². The third kappa shape index (κ3) is 5.21. The van der Waals surface area contributed by atoms with Gasteiger partial charge in [-0.05, 0) is 42.7 Å². The second-order valence-corrected chi connectivity index (χ2v) is 5.31. The van der Waals surface area contributed by atoms with Crippen LogP contribution in [0.25, 0.3) is 0 Å². The zero-order chi connectivity index (χ0) is 15.1. The van der Waals surface area contributed by atoms with Crippen LogP contribution in [0.1, 0.15) is 30.9 Å². The van der Waals surface area contributed by atoms with E-state index in [-0.39, 0.29) is 5.91 Å². The first kappa shape index (κ1) is 15.5. The SMILES string of the molecule is O=C(CCC[C@@H](O)c1ccc(Cl)cc1)Nc1ccccc1. The monoisotopic (exact) mass is 303 g/mol. The Bertz CT molecular complexity index is 569. The third-order valence-corrected chi connectivity index (χ3v) is 3.45. The summed E-state index contributed by atoms with van der Waals surface area (Å²) in [4.78, 5) is 11.8. The first-order valence-electron chi connectivity index (χ1n) is 6.93. The molecule has 0 aliphatic heterocycles. The van der Waals surface area contributed by atoms with E-state index in [4.69, 9.17) is 11.6 Å². The zero-order valence-corrected chi connectivity index (χ0v) is 12.4. The molecule has 2 N–H and O–H groups in total. The van der Waals surface area contributed by atoms with Crippen molar-refractivity contribution in [3.8, 4) is 0 Å². The van der Waals surface area contributed by atoms with Crippen LogP contribution < -0.4 is 5.32 Å². The number of benzene rings is 2. The Labute approximate surface area is 129 Å². The number of para-hydroxylation sites is 1. The van der Waals surface area contributed by atoms with Gasteiger partial charge >= 0.3 is 0 Å². The first-order valence-corrected chi connectivity index (χ1v) is 7.31. The maximum absolute atomic E-state index is 11.8. The van der Waals surface area contributed by atoms with Crippen LogP contribution in [-0.2, 0) is 4.79 Å². The van der Waals surface area contributed by atoms with Crippen LogP contribution in [0.2, 0.25) is 5.02 Å². The Morgan fingerprint density at radius 1 is 1.10 bits per heavy atom. The largest absolute Gasteiger partial charge is 0.388 e. The number of carbonyl (C=O) groups is 1. The fourth-order valence-corrected chi connectivity index (χ4v) is 2.18. The summed E-state index contributed by atoms with van der Waals surface area (Å²) in [6.45, 7) is 0. The van der Waals surface area contributed by atoms with Gasteiger partial charge in [-0.15, -0.1) is 0 Å². The van der Waals surface area contributed by atoms with Crippen molar-refractivity contribution >= 4 is 23.2 Å². The van der Waals surface area contributed by atoms with Gasteiger partial charge in [-0.25, -0.2) is 0 Å². The minimum Gasteiger partial charge on any atom is -0.388 e. The highest BCUT2D eigenvalue weighted by Crippen LogP contribution is 2.21. The molecule has 0 radical (unpaired) electrons. The lowest BCUT2D eigenvalue weighted by molar-refractivity contribution is -0.116. The van der Waals surface area contributed by atoms with Gasteiger partial charge in [0.15, 0.2) is 0 Å². The van der Waals surface area contributed by atoms with Gasteiger partial charge in [0.1, 0.15) is 0 Å². The maximum Gasteiger partial charge on any atom is 0.224 e. The average molecular weight is 304 g/mol. The van der Waals surface area contributed by atoms with Gasteiger partial charge in [0.2, 0.25) is 5.91 Å². The molecular formula is C17H18ClNO2. The highest BCUT2D eigenvalue weighted by atomic mass is 35.5. The summed E-state index contributed by atoms with van der Waals surface area (Å²) in [6.07, 6.45) is 0.998. The third-order valence-electron chi connectivity index (χ3n) is 3.19. The van der Waals surface area contributed by atoms with Crippen LogP contribution in [0.15, 0.2) is 54.6 Å². The molecule has 2 rings (SSSR count). The summed E-state index contributed by atoms with van der Waals surface area (Å²) in [5, 5.41) is 13.5. The van der Waals surface area contributed by atoms with Crippen molar-refractivity contribution in [3.05, 3.63) is 65.2 Å². The van der Waals surface area contributed by atoms with Crippen molar-refractivity contribution < 1.29 is 9.90 Å². The Morgan fingerprint density at radius 3 is 2.43 bits per heavy atom. The summed E-state index contributed by atoms with van der Waals surface area (Å²) >= 11 is 5.80. The molecule has 2 aromatic rings. The molecule has 0 fully saturated rings. The summed E-state index contributed by atoms with van der Waals surface area (Å²) in [5.41, 5.74) is 1.61. The lowest BCUT2D eigenvalue weighted by Crippen LogP contribution is -2.11. The van der Waals surface area contributed by atoms with Crippen LogP contribution in [-0.4, -0.2) is 11.0 Å². The normalized spacial score (nSPS) is 11.9. The molecule has 1 amide bonds. The van der Waals surface area contributed by atoms with E-state index >= 15 is 0 Å². The van der Waals surface area contributed by atoms with E-state index in [9.17, 15) is 9.90 Å². The molecule has 110 valence electrons. The molecule has 0 aromatic heterocycles. The Hall–Kier alpha value is -1.84. The van der Waals surface area contributed by atoms with Gasteiger partial charge < -0.3 is 10.4 Å². The van der Waals surface area contributed by atoms with Crippen molar-refractivity contribution in [1.82, 2.24) is 0 Å². The van der Waals surface area contributed by atoms with Gasteiger partial charge in [0.05, 0.1) is 6.10 Å². The van der Waals surface area contributed by atoms with E-state index in [1.807, 2.05) is 30.3 Å². The molecule has 0 saturated heterocycles. The number of aliphatic hydroxyl groups excluding tert-OH is 1. The lowest BCUT2D eigenvalue weighted by atomic mass is 10.0. The number of amides is 1.